The Kier molecular flexibility index (Phi) is 5.71. The number of nitrogens with two attached hydrogens (primary N) is 1. The van der Waals surface area contributed by atoms with Crippen molar-refractivity contribution >= 4 is 29.2 Å². The third-order valence-corrected chi connectivity index (χ3v) is 8.02. The number of amides is 2. The SMILES string of the molecule is Nc1nccn2c(C34CCC(NC(=O)O)(CC3)C4)nc(-c3ccc(C(=O)Nc4cc(C(F)(F)F)ccn4)cc3)c12. The molecule has 0 unspecified atom stereocenters. The first-order valence-corrected chi connectivity index (χ1v) is 12.6. The average Bonchev–Trinajstić information content (AvgIpc) is 3.59. The van der Waals surface area contributed by atoms with Crippen molar-refractivity contribution in [1.29, 1.82) is 0 Å². The van der Waals surface area contributed by atoms with Gasteiger partial charge in [0.15, 0.2) is 0 Å². The van der Waals surface area contributed by atoms with E-state index in [2.05, 4.69) is 20.6 Å². The van der Waals surface area contributed by atoms with Crippen LogP contribution in [0.1, 0.15) is 53.8 Å². The van der Waals surface area contributed by atoms with E-state index in [1.54, 1.807) is 36.7 Å². The Labute approximate surface area is 225 Å². The highest BCUT2D eigenvalue weighted by Gasteiger charge is 2.57. The minimum atomic E-state index is -4.56. The Hall–Kier alpha value is -4.68. The van der Waals surface area contributed by atoms with Crippen LogP contribution in [0.25, 0.3) is 16.8 Å². The van der Waals surface area contributed by atoms with Crippen LogP contribution in [-0.2, 0) is 11.6 Å². The lowest BCUT2D eigenvalue weighted by Crippen LogP contribution is -2.44. The summed E-state index contributed by atoms with van der Waals surface area (Å²) in [6.45, 7) is 0. The number of halogens is 3. The first-order valence-electron chi connectivity index (χ1n) is 12.6. The number of rotatable bonds is 5. The summed E-state index contributed by atoms with van der Waals surface area (Å²) in [5.74, 6) is 0.230. The van der Waals surface area contributed by atoms with Crippen molar-refractivity contribution in [2.45, 2.75) is 49.2 Å². The van der Waals surface area contributed by atoms with E-state index in [9.17, 15) is 27.9 Å². The number of nitrogen functional groups attached to an aromatic ring is 1. The van der Waals surface area contributed by atoms with E-state index < -0.39 is 29.3 Å². The van der Waals surface area contributed by atoms with Gasteiger partial charge in [-0.3, -0.25) is 9.20 Å². The molecule has 0 radical (unpaired) electrons. The summed E-state index contributed by atoms with van der Waals surface area (Å²) in [4.78, 5) is 37.2. The molecule has 3 heterocycles. The summed E-state index contributed by atoms with van der Waals surface area (Å²) in [6, 6.07) is 8.05. The Morgan fingerprint density at radius 3 is 2.42 bits per heavy atom. The number of carbonyl (C=O) groups is 2. The van der Waals surface area contributed by atoms with E-state index in [0.717, 1.165) is 37.0 Å². The van der Waals surface area contributed by atoms with Crippen molar-refractivity contribution in [3.8, 4) is 11.3 Å². The van der Waals surface area contributed by atoms with Crippen LogP contribution in [0.3, 0.4) is 0 Å². The number of benzene rings is 1. The molecule has 40 heavy (non-hydrogen) atoms. The van der Waals surface area contributed by atoms with Gasteiger partial charge in [-0.05, 0) is 56.4 Å². The quantitative estimate of drug-likeness (QED) is 0.277. The fourth-order valence-electron chi connectivity index (χ4n) is 6.19. The predicted octanol–water partition coefficient (Wildman–Crippen LogP) is 4.87. The van der Waals surface area contributed by atoms with Gasteiger partial charge in [0.2, 0.25) is 0 Å². The number of aromatic nitrogens is 4. The maximum atomic E-state index is 13.0. The normalized spacial score (nSPS) is 22.0. The molecule has 3 aromatic heterocycles. The second-order valence-electron chi connectivity index (χ2n) is 10.4. The van der Waals surface area contributed by atoms with Gasteiger partial charge in [0, 0.05) is 40.7 Å². The Morgan fingerprint density at radius 2 is 1.75 bits per heavy atom. The zero-order valence-electron chi connectivity index (χ0n) is 21.0. The maximum absolute atomic E-state index is 13.0. The average molecular weight is 552 g/mol. The van der Waals surface area contributed by atoms with E-state index >= 15 is 0 Å². The minimum Gasteiger partial charge on any atom is -0.465 e. The lowest BCUT2D eigenvalue weighted by atomic mass is 9.83. The number of imidazole rings is 1. The van der Waals surface area contributed by atoms with Crippen molar-refractivity contribution in [2.75, 3.05) is 11.1 Å². The van der Waals surface area contributed by atoms with Gasteiger partial charge in [0.1, 0.15) is 28.7 Å². The minimum absolute atomic E-state index is 0.215. The second-order valence-corrected chi connectivity index (χ2v) is 10.4. The van der Waals surface area contributed by atoms with Crippen molar-refractivity contribution in [2.24, 2.45) is 0 Å². The van der Waals surface area contributed by atoms with Gasteiger partial charge in [-0.1, -0.05) is 12.1 Å². The molecule has 0 saturated heterocycles. The van der Waals surface area contributed by atoms with Gasteiger partial charge in [0.25, 0.3) is 5.91 Å². The van der Waals surface area contributed by atoms with Gasteiger partial charge >= 0.3 is 12.3 Å². The first kappa shape index (κ1) is 25.6. The fourth-order valence-corrected chi connectivity index (χ4v) is 6.19. The van der Waals surface area contributed by atoms with Crippen LogP contribution in [0, 0.1) is 0 Å². The molecular formula is C27H24F3N7O3. The molecule has 2 bridgehead atoms. The molecule has 13 heteroatoms. The summed E-state index contributed by atoms with van der Waals surface area (Å²) in [5, 5.41) is 14.5. The molecular weight excluding hydrogens is 527 g/mol. The predicted molar refractivity (Wildman–Crippen MR) is 139 cm³/mol. The molecule has 4 aromatic rings. The first-order chi connectivity index (χ1) is 19.0. The van der Waals surface area contributed by atoms with Gasteiger partial charge in [-0.25, -0.2) is 19.7 Å². The molecule has 6 rings (SSSR count). The molecule has 2 fully saturated rings. The highest BCUT2D eigenvalue weighted by molar-refractivity contribution is 6.04. The number of hydrogen-bond acceptors (Lipinski definition) is 6. The van der Waals surface area contributed by atoms with Crippen LogP contribution < -0.4 is 16.4 Å². The number of nitrogens with one attached hydrogen (secondary N) is 2. The number of carbonyl (C=O) groups excluding carboxylic acids is 1. The molecule has 2 amide bonds. The number of nitrogens with zero attached hydrogens (tertiary/aromatic N) is 4. The Morgan fingerprint density at radius 1 is 1.02 bits per heavy atom. The van der Waals surface area contributed by atoms with Gasteiger partial charge in [0.05, 0.1) is 5.56 Å². The highest BCUT2D eigenvalue weighted by atomic mass is 19.4. The largest absolute Gasteiger partial charge is 0.465 e. The second kappa shape index (κ2) is 8.93. The van der Waals surface area contributed by atoms with E-state index in [4.69, 9.17) is 10.7 Å². The zero-order chi connectivity index (χ0) is 28.3. The van der Waals surface area contributed by atoms with E-state index in [1.165, 1.54) is 0 Å². The highest BCUT2D eigenvalue weighted by Crippen LogP contribution is 2.57. The summed E-state index contributed by atoms with van der Waals surface area (Å²) < 4.78 is 40.9. The molecule has 2 aliphatic carbocycles. The lowest BCUT2D eigenvalue weighted by molar-refractivity contribution is -0.137. The maximum Gasteiger partial charge on any atom is 0.416 e. The lowest BCUT2D eigenvalue weighted by Gasteiger charge is -2.27. The summed E-state index contributed by atoms with van der Waals surface area (Å²) in [5.41, 5.74) is 6.63. The van der Waals surface area contributed by atoms with Crippen molar-refractivity contribution < 1.29 is 27.9 Å². The summed E-state index contributed by atoms with van der Waals surface area (Å²) in [7, 11) is 0. The molecule has 0 spiro atoms. The van der Waals surface area contributed by atoms with Crippen LogP contribution in [0.15, 0.2) is 55.0 Å². The number of fused-ring (bicyclic) bond motifs is 3. The molecule has 1 aromatic carbocycles. The van der Waals surface area contributed by atoms with Crippen LogP contribution in [0.2, 0.25) is 0 Å². The zero-order valence-corrected chi connectivity index (χ0v) is 21.0. The summed E-state index contributed by atoms with van der Waals surface area (Å²) in [6.07, 6.45) is 2.39. The van der Waals surface area contributed by atoms with E-state index in [1.807, 2.05) is 4.40 Å². The third-order valence-electron chi connectivity index (χ3n) is 8.02. The third kappa shape index (κ3) is 4.27. The van der Waals surface area contributed by atoms with Crippen molar-refractivity contribution in [1.82, 2.24) is 24.7 Å². The number of hydrogen-bond donors (Lipinski definition) is 4. The number of carboxylic acid groups (broad SMARTS) is 1. The van der Waals surface area contributed by atoms with Crippen LogP contribution in [-0.4, -0.2) is 42.0 Å². The number of pyridine rings is 1. The monoisotopic (exact) mass is 551 g/mol. The van der Waals surface area contributed by atoms with Crippen LogP contribution in [0.4, 0.5) is 29.6 Å². The van der Waals surface area contributed by atoms with Gasteiger partial charge in [-0.2, -0.15) is 13.2 Å². The van der Waals surface area contributed by atoms with Crippen LogP contribution >= 0.6 is 0 Å². The smallest absolute Gasteiger partial charge is 0.416 e. The number of alkyl halides is 3. The molecule has 0 atom stereocenters. The summed E-state index contributed by atoms with van der Waals surface area (Å²) >= 11 is 0. The van der Waals surface area contributed by atoms with Gasteiger partial charge < -0.3 is 21.5 Å². The van der Waals surface area contributed by atoms with Crippen molar-refractivity contribution in [3.63, 3.8) is 0 Å². The number of anilines is 2. The molecule has 2 aliphatic rings. The Balaban J connectivity index is 1.31. The fraction of sp³-hybridized carbons (Fsp3) is 0.296. The Bertz CT molecular complexity index is 1640. The molecule has 5 N–H and O–H groups in total. The topological polar surface area (TPSA) is 148 Å². The van der Waals surface area contributed by atoms with Crippen molar-refractivity contribution in [3.05, 3.63) is 71.9 Å². The molecule has 2 saturated carbocycles. The molecule has 0 aliphatic heterocycles. The van der Waals surface area contributed by atoms with Gasteiger partial charge in [-0.15, -0.1) is 0 Å². The van der Waals surface area contributed by atoms with E-state index in [-0.39, 0.29) is 22.6 Å². The molecule has 206 valence electrons. The molecule has 10 nitrogen and oxygen atoms in total. The van der Waals surface area contributed by atoms with Crippen LogP contribution in [0.5, 0.6) is 0 Å². The standard InChI is InChI=1S/C27H24F3N7O3/c28-27(29,30)17-5-10-32-18(13-17)34-22(38)16-3-1-15(2-4-16)19-20-21(31)33-11-12-37(20)23(35-19)25-6-8-26(14-25,9-7-25)36-24(39)40/h1-5,10-13,36H,6-9,14H2,(H2,31,33)(H,39,40)(H,32,34,38). The van der Waals surface area contributed by atoms with E-state index in [0.29, 0.717) is 36.0 Å².